The molecule has 3 rings (SSSR count). The molecule has 0 spiro atoms. The minimum atomic E-state index is -0.259. The van der Waals surface area contributed by atoms with Crippen LogP contribution in [0.4, 0.5) is 5.69 Å². The number of aromatic nitrogens is 3. The standard InChI is InChI=1S/C15H19N5O2/c1-22-13-4-2-11(3-5-13)17-15(21)14-10-20(19-18-14)12-6-8-16-9-7-12/h2-5,10,12,16H,6-9H2,1H3,(H,17,21). The molecule has 0 bridgehead atoms. The highest BCUT2D eigenvalue weighted by Crippen LogP contribution is 2.18. The van der Waals surface area contributed by atoms with Crippen molar-refractivity contribution in [1.82, 2.24) is 20.3 Å². The van der Waals surface area contributed by atoms with Crippen molar-refractivity contribution in [1.29, 1.82) is 0 Å². The zero-order valence-corrected chi connectivity index (χ0v) is 12.5. The van der Waals surface area contributed by atoms with E-state index in [4.69, 9.17) is 4.74 Å². The lowest BCUT2D eigenvalue weighted by Gasteiger charge is -2.22. The summed E-state index contributed by atoms with van der Waals surface area (Å²) >= 11 is 0. The van der Waals surface area contributed by atoms with E-state index in [0.717, 1.165) is 31.7 Å². The quantitative estimate of drug-likeness (QED) is 0.893. The lowest BCUT2D eigenvalue weighted by atomic mass is 10.1. The van der Waals surface area contributed by atoms with Gasteiger partial charge in [0.25, 0.3) is 5.91 Å². The SMILES string of the molecule is COc1ccc(NC(=O)c2cn(C3CCNCC3)nn2)cc1. The van der Waals surface area contributed by atoms with Gasteiger partial charge in [0.1, 0.15) is 5.75 Å². The summed E-state index contributed by atoms with van der Waals surface area (Å²) in [6.45, 7) is 1.94. The molecule has 1 fully saturated rings. The predicted molar refractivity (Wildman–Crippen MR) is 82.1 cm³/mol. The largest absolute Gasteiger partial charge is 0.497 e. The van der Waals surface area contributed by atoms with E-state index in [9.17, 15) is 4.79 Å². The van der Waals surface area contributed by atoms with Gasteiger partial charge in [-0.1, -0.05) is 5.21 Å². The Kier molecular flexibility index (Phi) is 4.34. The van der Waals surface area contributed by atoms with Crippen LogP contribution in [0, 0.1) is 0 Å². The van der Waals surface area contributed by atoms with Crippen LogP contribution in [0.15, 0.2) is 30.5 Å². The first-order valence-corrected chi connectivity index (χ1v) is 7.34. The molecular formula is C15H19N5O2. The molecule has 0 saturated carbocycles. The van der Waals surface area contributed by atoms with Crippen molar-refractivity contribution in [3.8, 4) is 5.75 Å². The molecule has 2 aromatic rings. The maximum atomic E-state index is 12.2. The van der Waals surface area contributed by atoms with Gasteiger partial charge in [0, 0.05) is 5.69 Å². The number of anilines is 1. The zero-order chi connectivity index (χ0) is 15.4. The van der Waals surface area contributed by atoms with Crippen molar-refractivity contribution in [3.63, 3.8) is 0 Å². The van der Waals surface area contributed by atoms with E-state index < -0.39 is 0 Å². The molecule has 7 heteroatoms. The van der Waals surface area contributed by atoms with Crippen molar-refractivity contribution in [3.05, 3.63) is 36.2 Å². The average Bonchev–Trinajstić information content (AvgIpc) is 3.06. The molecule has 0 aliphatic carbocycles. The molecule has 1 aliphatic heterocycles. The van der Waals surface area contributed by atoms with Crippen LogP contribution < -0.4 is 15.4 Å². The third-order valence-electron chi connectivity index (χ3n) is 3.77. The zero-order valence-electron chi connectivity index (χ0n) is 12.5. The van der Waals surface area contributed by atoms with E-state index in [2.05, 4.69) is 20.9 Å². The van der Waals surface area contributed by atoms with Gasteiger partial charge in [-0.25, -0.2) is 4.68 Å². The molecule has 0 atom stereocenters. The maximum absolute atomic E-state index is 12.2. The smallest absolute Gasteiger partial charge is 0.277 e. The molecule has 1 amide bonds. The van der Waals surface area contributed by atoms with E-state index in [1.807, 2.05) is 0 Å². The molecule has 22 heavy (non-hydrogen) atoms. The third kappa shape index (κ3) is 3.25. The highest BCUT2D eigenvalue weighted by molar-refractivity contribution is 6.02. The van der Waals surface area contributed by atoms with Crippen LogP contribution in [0.2, 0.25) is 0 Å². The molecule has 1 aromatic heterocycles. The summed E-state index contributed by atoms with van der Waals surface area (Å²) in [5, 5.41) is 14.2. The van der Waals surface area contributed by atoms with Gasteiger partial charge in [-0.2, -0.15) is 0 Å². The van der Waals surface area contributed by atoms with Gasteiger partial charge >= 0.3 is 0 Å². The van der Waals surface area contributed by atoms with Crippen LogP contribution in [-0.2, 0) is 0 Å². The van der Waals surface area contributed by atoms with E-state index >= 15 is 0 Å². The number of nitrogens with one attached hydrogen (secondary N) is 2. The van der Waals surface area contributed by atoms with Gasteiger partial charge in [0.15, 0.2) is 5.69 Å². The van der Waals surface area contributed by atoms with E-state index in [1.54, 1.807) is 42.3 Å². The van der Waals surface area contributed by atoms with Crippen LogP contribution in [0.3, 0.4) is 0 Å². The normalized spacial score (nSPS) is 15.5. The molecule has 0 unspecified atom stereocenters. The monoisotopic (exact) mass is 301 g/mol. The summed E-state index contributed by atoms with van der Waals surface area (Å²) in [6.07, 6.45) is 3.72. The molecule has 1 aromatic carbocycles. The van der Waals surface area contributed by atoms with Gasteiger partial charge in [-0.15, -0.1) is 5.10 Å². The van der Waals surface area contributed by atoms with Crippen LogP contribution >= 0.6 is 0 Å². The number of hydrogen-bond donors (Lipinski definition) is 2. The molecular weight excluding hydrogens is 282 g/mol. The number of carbonyl (C=O) groups is 1. The lowest BCUT2D eigenvalue weighted by Crippen LogP contribution is -2.29. The number of hydrogen-bond acceptors (Lipinski definition) is 5. The Labute approximate surface area is 128 Å². The minimum Gasteiger partial charge on any atom is -0.497 e. The van der Waals surface area contributed by atoms with Crippen molar-refractivity contribution in [2.45, 2.75) is 18.9 Å². The van der Waals surface area contributed by atoms with Crippen LogP contribution in [0.5, 0.6) is 5.75 Å². The van der Waals surface area contributed by atoms with Gasteiger partial charge in [0.2, 0.25) is 0 Å². The van der Waals surface area contributed by atoms with E-state index in [-0.39, 0.29) is 5.91 Å². The number of ether oxygens (including phenoxy) is 1. The second-order valence-corrected chi connectivity index (χ2v) is 5.25. The number of rotatable bonds is 4. The number of methoxy groups -OCH3 is 1. The number of amides is 1. The molecule has 1 saturated heterocycles. The fraction of sp³-hybridized carbons (Fsp3) is 0.400. The van der Waals surface area contributed by atoms with Crippen LogP contribution in [0.25, 0.3) is 0 Å². The first-order chi connectivity index (χ1) is 10.8. The molecule has 2 N–H and O–H groups in total. The first kappa shape index (κ1) is 14.5. The third-order valence-corrected chi connectivity index (χ3v) is 3.77. The van der Waals surface area contributed by atoms with E-state index in [0.29, 0.717) is 17.4 Å². The Hall–Kier alpha value is -2.41. The molecule has 7 nitrogen and oxygen atoms in total. The topological polar surface area (TPSA) is 81.1 Å². The summed E-state index contributed by atoms with van der Waals surface area (Å²) in [5.74, 6) is 0.486. The first-order valence-electron chi connectivity index (χ1n) is 7.34. The Balaban J connectivity index is 1.65. The van der Waals surface area contributed by atoms with Gasteiger partial charge in [-0.05, 0) is 50.2 Å². The Morgan fingerprint density at radius 2 is 2.05 bits per heavy atom. The van der Waals surface area contributed by atoms with E-state index in [1.165, 1.54) is 0 Å². The minimum absolute atomic E-state index is 0.259. The summed E-state index contributed by atoms with van der Waals surface area (Å²) in [6, 6.07) is 7.47. The van der Waals surface area contributed by atoms with Crippen LogP contribution in [-0.4, -0.2) is 41.1 Å². The van der Waals surface area contributed by atoms with Crippen molar-refractivity contribution in [2.24, 2.45) is 0 Å². The number of carbonyl (C=O) groups excluding carboxylic acids is 1. The molecule has 116 valence electrons. The second-order valence-electron chi connectivity index (χ2n) is 5.25. The Morgan fingerprint density at radius 3 is 2.73 bits per heavy atom. The van der Waals surface area contributed by atoms with Gasteiger partial charge in [-0.3, -0.25) is 4.79 Å². The number of piperidine rings is 1. The van der Waals surface area contributed by atoms with Crippen molar-refractivity contribution < 1.29 is 9.53 Å². The fourth-order valence-corrected chi connectivity index (χ4v) is 2.50. The predicted octanol–water partition coefficient (Wildman–Crippen LogP) is 1.46. The number of nitrogens with zero attached hydrogens (tertiary/aromatic N) is 3. The second kappa shape index (κ2) is 6.57. The van der Waals surface area contributed by atoms with Gasteiger partial charge in [0.05, 0.1) is 19.3 Å². The summed E-state index contributed by atoms with van der Waals surface area (Å²) in [4.78, 5) is 12.2. The lowest BCUT2D eigenvalue weighted by molar-refractivity contribution is 0.102. The van der Waals surface area contributed by atoms with Gasteiger partial charge < -0.3 is 15.4 Å². The molecule has 0 radical (unpaired) electrons. The molecule has 2 heterocycles. The maximum Gasteiger partial charge on any atom is 0.277 e. The summed E-state index contributed by atoms with van der Waals surface area (Å²) in [5.41, 5.74) is 1.02. The fourth-order valence-electron chi connectivity index (χ4n) is 2.50. The number of benzene rings is 1. The van der Waals surface area contributed by atoms with Crippen molar-refractivity contribution >= 4 is 11.6 Å². The Morgan fingerprint density at radius 1 is 1.32 bits per heavy atom. The van der Waals surface area contributed by atoms with Crippen LogP contribution in [0.1, 0.15) is 29.4 Å². The summed E-state index contributed by atoms with van der Waals surface area (Å²) in [7, 11) is 1.60. The van der Waals surface area contributed by atoms with Crippen molar-refractivity contribution in [2.75, 3.05) is 25.5 Å². The average molecular weight is 301 g/mol. The Bertz CT molecular complexity index is 632. The highest BCUT2D eigenvalue weighted by atomic mass is 16.5. The molecule has 1 aliphatic rings. The highest BCUT2D eigenvalue weighted by Gasteiger charge is 2.18. The summed E-state index contributed by atoms with van der Waals surface area (Å²) < 4.78 is 6.88.